The Bertz CT molecular complexity index is 1110. The van der Waals surface area contributed by atoms with Crippen molar-refractivity contribution in [3.8, 4) is 0 Å². The summed E-state index contributed by atoms with van der Waals surface area (Å²) in [7, 11) is -3.77. The van der Waals surface area contributed by atoms with E-state index in [1.807, 2.05) is 31.2 Å². The van der Waals surface area contributed by atoms with Gasteiger partial charge in [-0.3, -0.25) is 4.79 Å². The van der Waals surface area contributed by atoms with E-state index in [-0.39, 0.29) is 22.7 Å². The third kappa shape index (κ3) is 3.04. The fraction of sp³-hybridized carbons (Fsp3) is 0.286. The van der Waals surface area contributed by atoms with Gasteiger partial charge in [-0.2, -0.15) is 0 Å². The number of hydrogen-bond acceptors (Lipinski definition) is 4. The highest BCUT2D eigenvalue weighted by Gasteiger charge is 2.48. The number of hydrogen-bond donors (Lipinski definition) is 0. The number of ether oxygens (including phenoxy) is 1. The standard InChI is InChI=1S/C21H21NO4S/c1-3-26-21(23)18-13-17(18)20-12-15-6-4-5-7-19(15)22(20)27(24,25)16-10-8-14(2)9-11-16/h4-12,17-18H,3,13H2,1-2H3/t17-,18-/m1/s1. The number of benzene rings is 2. The van der Waals surface area contributed by atoms with Gasteiger partial charge < -0.3 is 4.74 Å². The summed E-state index contributed by atoms with van der Waals surface area (Å²) in [5.74, 6) is -0.676. The summed E-state index contributed by atoms with van der Waals surface area (Å²) < 4.78 is 33.4. The molecule has 0 radical (unpaired) electrons. The van der Waals surface area contributed by atoms with Crippen molar-refractivity contribution < 1.29 is 17.9 Å². The highest BCUT2D eigenvalue weighted by Crippen LogP contribution is 2.50. The van der Waals surface area contributed by atoms with E-state index in [4.69, 9.17) is 4.74 Å². The fourth-order valence-corrected chi connectivity index (χ4v) is 5.11. The molecule has 0 spiro atoms. The van der Waals surface area contributed by atoms with Gasteiger partial charge in [-0.25, -0.2) is 12.4 Å². The molecule has 0 unspecified atom stereocenters. The molecular formula is C21H21NO4S. The highest BCUT2D eigenvalue weighted by molar-refractivity contribution is 7.90. The molecule has 2 atom stereocenters. The Morgan fingerprint density at radius 2 is 1.85 bits per heavy atom. The Hall–Kier alpha value is -2.60. The van der Waals surface area contributed by atoms with Crippen molar-refractivity contribution in [2.75, 3.05) is 6.61 Å². The molecule has 1 aliphatic rings. The number of aromatic nitrogens is 1. The molecule has 27 heavy (non-hydrogen) atoms. The Morgan fingerprint density at radius 1 is 1.15 bits per heavy atom. The summed E-state index contributed by atoms with van der Waals surface area (Å²) >= 11 is 0. The van der Waals surface area contributed by atoms with Crippen molar-refractivity contribution in [2.45, 2.75) is 31.1 Å². The summed E-state index contributed by atoms with van der Waals surface area (Å²) in [6.07, 6.45) is 0.610. The molecule has 4 rings (SSSR count). The molecular weight excluding hydrogens is 362 g/mol. The minimum atomic E-state index is -3.77. The van der Waals surface area contributed by atoms with Gasteiger partial charge in [0.2, 0.25) is 0 Å². The molecule has 0 amide bonds. The summed E-state index contributed by atoms with van der Waals surface area (Å²) in [6.45, 7) is 4.02. The minimum Gasteiger partial charge on any atom is -0.466 e. The van der Waals surface area contributed by atoms with E-state index in [9.17, 15) is 13.2 Å². The lowest BCUT2D eigenvalue weighted by molar-refractivity contribution is -0.144. The van der Waals surface area contributed by atoms with Crippen molar-refractivity contribution in [1.82, 2.24) is 3.97 Å². The van der Waals surface area contributed by atoms with Gasteiger partial charge in [-0.05, 0) is 44.5 Å². The lowest BCUT2D eigenvalue weighted by Crippen LogP contribution is -2.16. The number of carbonyl (C=O) groups is 1. The molecule has 1 aromatic heterocycles. The van der Waals surface area contributed by atoms with Gasteiger partial charge in [0.1, 0.15) is 0 Å². The van der Waals surface area contributed by atoms with E-state index in [2.05, 4.69) is 0 Å². The van der Waals surface area contributed by atoms with Gasteiger partial charge in [0, 0.05) is 17.0 Å². The minimum absolute atomic E-state index is 0.142. The maximum atomic E-state index is 13.4. The molecule has 0 aliphatic heterocycles. The van der Waals surface area contributed by atoms with Crippen molar-refractivity contribution >= 4 is 26.9 Å². The van der Waals surface area contributed by atoms with Crippen LogP contribution in [0.3, 0.4) is 0 Å². The Morgan fingerprint density at radius 3 is 2.56 bits per heavy atom. The van der Waals surface area contributed by atoms with Crippen LogP contribution in [0.1, 0.15) is 30.5 Å². The number of nitrogens with zero attached hydrogens (tertiary/aromatic N) is 1. The molecule has 1 fully saturated rings. The van der Waals surface area contributed by atoms with Gasteiger partial charge in [-0.15, -0.1) is 0 Å². The van der Waals surface area contributed by atoms with Gasteiger partial charge in [0.15, 0.2) is 0 Å². The topological polar surface area (TPSA) is 65.4 Å². The zero-order valence-electron chi connectivity index (χ0n) is 15.3. The summed E-state index contributed by atoms with van der Waals surface area (Å²) in [6, 6.07) is 16.1. The predicted octanol–water partition coefficient (Wildman–Crippen LogP) is 3.85. The van der Waals surface area contributed by atoms with Crippen LogP contribution in [0, 0.1) is 12.8 Å². The quantitative estimate of drug-likeness (QED) is 0.628. The van der Waals surface area contributed by atoms with Gasteiger partial charge in [0.05, 0.1) is 22.9 Å². The molecule has 1 saturated carbocycles. The van der Waals surface area contributed by atoms with Crippen LogP contribution in [0.4, 0.5) is 0 Å². The van der Waals surface area contributed by atoms with Crippen LogP contribution in [0.25, 0.3) is 10.9 Å². The number of esters is 1. The van der Waals surface area contributed by atoms with Crippen LogP contribution in [0.5, 0.6) is 0 Å². The molecule has 3 aromatic rings. The number of para-hydroxylation sites is 1. The molecule has 0 saturated heterocycles. The number of rotatable bonds is 5. The summed E-state index contributed by atoms with van der Waals surface area (Å²) in [4.78, 5) is 12.3. The molecule has 1 heterocycles. The van der Waals surface area contributed by atoms with Crippen LogP contribution in [-0.2, 0) is 19.6 Å². The van der Waals surface area contributed by atoms with Crippen molar-refractivity contribution in [3.05, 3.63) is 65.9 Å². The zero-order valence-corrected chi connectivity index (χ0v) is 16.1. The Kier molecular flexibility index (Phi) is 4.30. The largest absolute Gasteiger partial charge is 0.466 e. The van der Waals surface area contributed by atoms with Crippen LogP contribution in [0.15, 0.2) is 59.5 Å². The van der Waals surface area contributed by atoms with Crippen LogP contribution in [-0.4, -0.2) is 25.0 Å². The lowest BCUT2D eigenvalue weighted by Gasteiger charge is -2.12. The third-order valence-corrected chi connectivity index (χ3v) is 6.77. The van der Waals surface area contributed by atoms with Crippen LogP contribution >= 0.6 is 0 Å². The normalized spacial score (nSPS) is 19.2. The average molecular weight is 383 g/mol. The molecule has 0 bridgehead atoms. The first-order chi connectivity index (χ1) is 12.9. The molecule has 1 aliphatic carbocycles. The zero-order chi connectivity index (χ0) is 19.2. The van der Waals surface area contributed by atoms with Gasteiger partial charge in [-0.1, -0.05) is 35.9 Å². The number of fused-ring (bicyclic) bond motifs is 1. The maximum Gasteiger partial charge on any atom is 0.309 e. The fourth-order valence-electron chi connectivity index (χ4n) is 3.52. The molecule has 5 nitrogen and oxygen atoms in total. The predicted molar refractivity (Wildman–Crippen MR) is 103 cm³/mol. The van der Waals surface area contributed by atoms with Gasteiger partial charge in [0.25, 0.3) is 10.0 Å². The first-order valence-electron chi connectivity index (χ1n) is 9.02. The summed E-state index contributed by atoms with van der Waals surface area (Å²) in [5.41, 5.74) is 2.27. The second-order valence-electron chi connectivity index (χ2n) is 6.91. The number of carbonyl (C=O) groups excluding carboxylic acids is 1. The van der Waals surface area contributed by atoms with E-state index in [1.165, 1.54) is 3.97 Å². The van der Waals surface area contributed by atoms with Crippen LogP contribution < -0.4 is 0 Å². The Balaban J connectivity index is 1.85. The van der Waals surface area contributed by atoms with Crippen LogP contribution in [0.2, 0.25) is 0 Å². The lowest BCUT2D eigenvalue weighted by atomic mass is 10.2. The first-order valence-corrected chi connectivity index (χ1v) is 10.5. The first kappa shape index (κ1) is 17.8. The Labute approximate surface area is 158 Å². The highest BCUT2D eigenvalue weighted by atomic mass is 32.2. The SMILES string of the molecule is CCOC(=O)[C@@H]1C[C@H]1c1cc2ccccc2n1S(=O)(=O)c1ccc(C)cc1. The summed E-state index contributed by atoms with van der Waals surface area (Å²) in [5, 5.41) is 0.845. The average Bonchev–Trinajstić information content (AvgIpc) is 3.35. The number of aryl methyl sites for hydroxylation is 1. The van der Waals surface area contributed by atoms with Gasteiger partial charge >= 0.3 is 5.97 Å². The molecule has 0 N–H and O–H groups in total. The third-order valence-electron chi connectivity index (χ3n) is 5.01. The second kappa shape index (κ2) is 6.53. The van der Waals surface area contributed by atoms with Crippen molar-refractivity contribution in [2.24, 2.45) is 5.92 Å². The molecule has 6 heteroatoms. The van der Waals surface area contributed by atoms with E-state index in [1.54, 1.807) is 37.3 Å². The van der Waals surface area contributed by atoms with Crippen molar-refractivity contribution in [1.29, 1.82) is 0 Å². The van der Waals surface area contributed by atoms with E-state index in [0.717, 1.165) is 10.9 Å². The van der Waals surface area contributed by atoms with Crippen molar-refractivity contribution in [3.63, 3.8) is 0 Å². The van der Waals surface area contributed by atoms with E-state index in [0.29, 0.717) is 24.2 Å². The molecule has 2 aromatic carbocycles. The van der Waals surface area contributed by atoms with E-state index < -0.39 is 10.0 Å². The monoisotopic (exact) mass is 383 g/mol. The smallest absolute Gasteiger partial charge is 0.309 e. The molecule has 140 valence electrons. The maximum absolute atomic E-state index is 13.4. The van der Waals surface area contributed by atoms with E-state index >= 15 is 0 Å². The second-order valence-corrected chi connectivity index (χ2v) is 8.70.